The molecule has 0 aliphatic carbocycles. The minimum absolute atomic E-state index is 0.637. The van der Waals surface area contributed by atoms with Gasteiger partial charge >= 0.3 is 0 Å². The van der Waals surface area contributed by atoms with Gasteiger partial charge in [-0.05, 0) is 106 Å². The number of rotatable bonds is 5. The van der Waals surface area contributed by atoms with Crippen molar-refractivity contribution in [2.24, 2.45) is 0 Å². The van der Waals surface area contributed by atoms with Crippen LogP contribution in [-0.4, -0.2) is 9.97 Å². The van der Waals surface area contributed by atoms with Crippen molar-refractivity contribution in [2.75, 3.05) is 4.90 Å². The Morgan fingerprint density at radius 1 is 0.449 bits per heavy atom. The summed E-state index contributed by atoms with van der Waals surface area (Å²) in [7, 11) is 0. The van der Waals surface area contributed by atoms with Crippen molar-refractivity contribution in [3.8, 4) is 22.3 Å². The number of anilines is 3. The third-order valence-electron chi connectivity index (χ3n) is 9.39. The first-order valence-electron chi connectivity index (χ1n) is 16.3. The lowest BCUT2D eigenvalue weighted by Crippen LogP contribution is -2.10. The maximum atomic E-state index is 6.21. The lowest BCUT2D eigenvalue weighted by atomic mass is 9.98. The van der Waals surface area contributed by atoms with Gasteiger partial charge in [-0.3, -0.25) is 4.98 Å². The summed E-state index contributed by atoms with van der Waals surface area (Å²) in [5.41, 5.74) is 10.8. The van der Waals surface area contributed by atoms with Crippen LogP contribution in [0.15, 0.2) is 173 Å². The maximum Gasteiger partial charge on any atom is 0.227 e. The zero-order valence-corrected chi connectivity index (χ0v) is 26.2. The van der Waals surface area contributed by atoms with Gasteiger partial charge in [0.25, 0.3) is 0 Å². The normalized spacial score (nSPS) is 11.7. The van der Waals surface area contributed by atoms with Crippen LogP contribution < -0.4 is 4.90 Å². The zero-order chi connectivity index (χ0) is 32.3. The van der Waals surface area contributed by atoms with Crippen LogP contribution in [0.1, 0.15) is 0 Å². The van der Waals surface area contributed by atoms with Crippen LogP contribution in [0, 0.1) is 0 Å². The van der Waals surface area contributed by atoms with E-state index in [9.17, 15) is 0 Å². The monoisotopic (exact) mass is 629 g/mol. The summed E-state index contributed by atoms with van der Waals surface area (Å²) < 4.78 is 12.3. The van der Waals surface area contributed by atoms with E-state index < -0.39 is 0 Å². The number of furan rings is 2. The average molecular weight is 630 g/mol. The standard InChI is InChI=1S/C44H27N3O2/c1-2-7-28(8-3-1)29-14-15-31-24-34(17-16-30(31)23-29)47(35-18-19-40-38(26-35)37-12-6-21-46-44(37)49-40)33-10-4-9-32(25-33)36-11-5-13-42-43(36)39-27-45-22-20-41(39)48-42/h1-27H. The molecule has 6 aromatic carbocycles. The first kappa shape index (κ1) is 27.4. The highest BCUT2D eigenvalue weighted by molar-refractivity contribution is 6.12. The van der Waals surface area contributed by atoms with Gasteiger partial charge in [0.05, 0.1) is 0 Å². The fourth-order valence-corrected chi connectivity index (χ4v) is 7.09. The molecule has 49 heavy (non-hydrogen) atoms. The van der Waals surface area contributed by atoms with Crippen LogP contribution in [-0.2, 0) is 0 Å². The fraction of sp³-hybridized carbons (Fsp3) is 0. The maximum absolute atomic E-state index is 6.21. The lowest BCUT2D eigenvalue weighted by molar-refractivity contribution is 0.654. The molecule has 10 rings (SSSR count). The molecule has 0 spiro atoms. The predicted molar refractivity (Wildman–Crippen MR) is 200 cm³/mol. The number of hydrogen-bond acceptors (Lipinski definition) is 5. The Labute approximate surface area is 281 Å². The van der Waals surface area contributed by atoms with Gasteiger partial charge in [0.15, 0.2) is 0 Å². The summed E-state index contributed by atoms with van der Waals surface area (Å²) in [4.78, 5) is 11.2. The van der Waals surface area contributed by atoms with E-state index in [2.05, 4.69) is 136 Å². The second kappa shape index (κ2) is 10.9. The summed E-state index contributed by atoms with van der Waals surface area (Å²) in [5.74, 6) is 0. The Morgan fingerprint density at radius 3 is 2.20 bits per heavy atom. The summed E-state index contributed by atoms with van der Waals surface area (Å²) in [6, 6.07) is 51.1. The molecule has 230 valence electrons. The molecule has 0 bridgehead atoms. The summed E-state index contributed by atoms with van der Waals surface area (Å²) in [6.07, 6.45) is 5.42. The minimum Gasteiger partial charge on any atom is -0.456 e. The second-order valence-electron chi connectivity index (χ2n) is 12.3. The van der Waals surface area contributed by atoms with Crippen molar-refractivity contribution in [1.82, 2.24) is 9.97 Å². The lowest BCUT2D eigenvalue weighted by Gasteiger charge is -2.26. The van der Waals surface area contributed by atoms with E-state index >= 15 is 0 Å². The smallest absolute Gasteiger partial charge is 0.227 e. The van der Waals surface area contributed by atoms with Gasteiger partial charge in [-0.2, -0.15) is 0 Å². The van der Waals surface area contributed by atoms with E-state index in [0.29, 0.717) is 5.71 Å². The van der Waals surface area contributed by atoms with Crippen molar-refractivity contribution in [3.63, 3.8) is 0 Å². The third kappa shape index (κ3) is 4.55. The SMILES string of the molecule is c1ccc(-c2ccc3cc(N(c4cccc(-c5cccc6oc7ccncc7c56)c4)c4ccc5oc6ncccc6c5c4)ccc3c2)cc1. The molecular weight excluding hydrogens is 603 g/mol. The molecule has 0 aliphatic rings. The highest BCUT2D eigenvalue weighted by atomic mass is 16.3. The van der Waals surface area contributed by atoms with Crippen molar-refractivity contribution < 1.29 is 8.83 Å². The van der Waals surface area contributed by atoms with Gasteiger partial charge in [-0.15, -0.1) is 0 Å². The Bertz CT molecular complexity index is 2850. The third-order valence-corrected chi connectivity index (χ3v) is 9.39. The molecule has 0 radical (unpaired) electrons. The van der Waals surface area contributed by atoms with Crippen molar-refractivity contribution in [3.05, 3.63) is 164 Å². The van der Waals surface area contributed by atoms with Crippen LogP contribution in [0.25, 0.3) is 77.0 Å². The van der Waals surface area contributed by atoms with E-state index in [1.165, 1.54) is 21.9 Å². The van der Waals surface area contributed by atoms with Crippen molar-refractivity contribution >= 4 is 71.8 Å². The molecule has 5 nitrogen and oxygen atoms in total. The fourth-order valence-electron chi connectivity index (χ4n) is 7.09. The number of aromatic nitrogens is 2. The highest BCUT2D eigenvalue weighted by Crippen LogP contribution is 2.42. The Kier molecular flexibility index (Phi) is 6.11. The van der Waals surface area contributed by atoms with Gasteiger partial charge in [0, 0.05) is 57.2 Å². The van der Waals surface area contributed by atoms with Crippen LogP contribution in [0.2, 0.25) is 0 Å². The van der Waals surface area contributed by atoms with Gasteiger partial charge in [0.2, 0.25) is 5.71 Å². The number of benzene rings is 6. The van der Waals surface area contributed by atoms with Gasteiger partial charge in [-0.1, -0.05) is 72.8 Å². The molecule has 0 atom stereocenters. The topological polar surface area (TPSA) is 55.3 Å². The zero-order valence-electron chi connectivity index (χ0n) is 26.2. The largest absolute Gasteiger partial charge is 0.456 e. The predicted octanol–water partition coefficient (Wildman–Crippen LogP) is 12.2. The van der Waals surface area contributed by atoms with E-state index in [1.807, 2.05) is 30.5 Å². The number of pyridine rings is 2. The van der Waals surface area contributed by atoms with E-state index in [4.69, 9.17) is 8.83 Å². The Hall–Kier alpha value is -6.72. The highest BCUT2D eigenvalue weighted by Gasteiger charge is 2.19. The van der Waals surface area contributed by atoms with E-state index in [1.54, 1.807) is 12.4 Å². The number of fused-ring (bicyclic) bond motifs is 7. The molecule has 4 heterocycles. The molecule has 0 saturated heterocycles. The summed E-state index contributed by atoms with van der Waals surface area (Å²) >= 11 is 0. The molecular formula is C44H27N3O2. The number of hydrogen-bond donors (Lipinski definition) is 0. The average Bonchev–Trinajstić information content (AvgIpc) is 3.73. The molecule has 0 unspecified atom stereocenters. The Morgan fingerprint density at radius 2 is 1.24 bits per heavy atom. The molecule has 0 fully saturated rings. The van der Waals surface area contributed by atoms with Crippen LogP contribution >= 0.6 is 0 Å². The van der Waals surface area contributed by atoms with Crippen molar-refractivity contribution in [2.45, 2.75) is 0 Å². The van der Waals surface area contributed by atoms with Gasteiger partial charge < -0.3 is 13.7 Å². The molecule has 4 aromatic heterocycles. The molecule has 0 saturated carbocycles. The molecule has 5 heteroatoms. The van der Waals surface area contributed by atoms with Crippen LogP contribution in [0.3, 0.4) is 0 Å². The van der Waals surface area contributed by atoms with Crippen molar-refractivity contribution in [1.29, 1.82) is 0 Å². The quantitative estimate of drug-likeness (QED) is 0.190. The van der Waals surface area contributed by atoms with E-state index in [-0.39, 0.29) is 0 Å². The summed E-state index contributed by atoms with van der Waals surface area (Å²) in [6.45, 7) is 0. The first-order chi connectivity index (χ1) is 24.3. The van der Waals surface area contributed by atoms with Crippen LogP contribution in [0.5, 0.6) is 0 Å². The second-order valence-corrected chi connectivity index (χ2v) is 12.3. The summed E-state index contributed by atoms with van der Waals surface area (Å²) in [5, 5.41) is 6.44. The Balaban J connectivity index is 1.16. The molecule has 0 amide bonds. The minimum atomic E-state index is 0.637. The van der Waals surface area contributed by atoms with Gasteiger partial charge in [0.1, 0.15) is 16.7 Å². The first-order valence-corrected chi connectivity index (χ1v) is 16.3. The van der Waals surface area contributed by atoms with Gasteiger partial charge in [-0.25, -0.2) is 4.98 Å². The molecule has 10 aromatic rings. The van der Waals surface area contributed by atoms with Crippen LogP contribution in [0.4, 0.5) is 17.1 Å². The number of nitrogens with zero attached hydrogens (tertiary/aromatic N) is 3. The molecule has 0 N–H and O–H groups in total. The van der Waals surface area contributed by atoms with E-state index in [0.717, 1.165) is 66.5 Å². The molecule has 0 aliphatic heterocycles.